The summed E-state index contributed by atoms with van der Waals surface area (Å²) in [5, 5.41) is 2.10. The molecule has 0 atom stereocenters. The maximum Gasteiger partial charge on any atom is 0.0779 e. The van der Waals surface area contributed by atoms with Crippen molar-refractivity contribution in [2.45, 2.75) is 6.42 Å². The minimum atomic E-state index is 0.374. The lowest BCUT2D eigenvalue weighted by Gasteiger charge is -1.99. The Labute approximate surface area is 107 Å². The molecule has 0 aliphatic rings. The summed E-state index contributed by atoms with van der Waals surface area (Å²) in [6.45, 7) is 0. The lowest BCUT2D eigenvalue weighted by Crippen LogP contribution is -1.78. The predicted molar refractivity (Wildman–Crippen MR) is 66.8 cm³/mol. The van der Waals surface area contributed by atoms with E-state index in [1.165, 1.54) is 0 Å². The van der Waals surface area contributed by atoms with E-state index >= 15 is 0 Å². The number of rotatable bonds is 1. The van der Waals surface area contributed by atoms with Gasteiger partial charge in [0.2, 0.25) is 0 Å². The van der Waals surface area contributed by atoms with Gasteiger partial charge in [-0.1, -0.05) is 62.6 Å². The lowest BCUT2D eigenvalue weighted by atomic mass is 10.2. The quantitative estimate of drug-likeness (QED) is 0.397. The van der Waals surface area contributed by atoms with Crippen LogP contribution in [0.15, 0.2) is 12.1 Å². The van der Waals surface area contributed by atoms with Crippen molar-refractivity contribution in [2.24, 2.45) is 0 Å². The molecule has 1 aromatic carbocycles. The Bertz CT molecular complexity index is 367. The minimum absolute atomic E-state index is 0.374. The summed E-state index contributed by atoms with van der Waals surface area (Å²) in [7, 11) is 0. The molecule has 0 aliphatic heterocycles. The molecule has 0 nitrogen and oxygen atoms in total. The number of hydrogen-bond donors (Lipinski definition) is 0. The van der Waals surface area contributed by atoms with E-state index in [9.17, 15) is 0 Å². The summed E-state index contributed by atoms with van der Waals surface area (Å²) in [5.41, 5.74) is 0.783. The summed E-state index contributed by atoms with van der Waals surface area (Å²) >= 11 is 20.8. The van der Waals surface area contributed by atoms with Crippen LogP contribution in [-0.2, 0) is 0 Å². The van der Waals surface area contributed by atoms with Gasteiger partial charge in [-0.3, -0.25) is 0 Å². The van der Waals surface area contributed by atoms with Crippen LogP contribution in [0, 0.1) is 11.8 Å². The van der Waals surface area contributed by atoms with Crippen molar-refractivity contribution in [1.82, 2.24) is 0 Å². The number of alkyl halides is 1. The van der Waals surface area contributed by atoms with Crippen LogP contribution >= 0.6 is 50.7 Å². The maximum absolute atomic E-state index is 5.84. The second kappa shape index (κ2) is 5.88. The summed E-state index contributed by atoms with van der Waals surface area (Å²) in [4.78, 5) is 0. The van der Waals surface area contributed by atoms with Crippen molar-refractivity contribution in [3.05, 3.63) is 32.8 Å². The van der Waals surface area contributed by atoms with E-state index in [0.717, 1.165) is 17.3 Å². The molecule has 0 unspecified atom stereocenters. The summed E-state index contributed by atoms with van der Waals surface area (Å²) in [6, 6.07) is 3.41. The van der Waals surface area contributed by atoms with Gasteiger partial charge < -0.3 is 0 Å². The van der Waals surface area contributed by atoms with Crippen molar-refractivity contribution >= 4 is 50.7 Å². The van der Waals surface area contributed by atoms with Crippen molar-refractivity contribution < 1.29 is 0 Å². The Kier molecular flexibility index (Phi) is 5.12. The molecule has 0 spiro atoms. The average Bonchev–Trinajstić information content (AvgIpc) is 2.14. The van der Waals surface area contributed by atoms with Gasteiger partial charge in [0.05, 0.1) is 15.1 Å². The maximum atomic E-state index is 5.84. The van der Waals surface area contributed by atoms with Crippen molar-refractivity contribution in [3.63, 3.8) is 0 Å². The molecule has 0 aliphatic carbocycles. The molecule has 74 valence electrons. The highest BCUT2D eigenvalue weighted by molar-refractivity contribution is 9.09. The first kappa shape index (κ1) is 12.2. The molecular formula is C10H6BrCl3. The van der Waals surface area contributed by atoms with Gasteiger partial charge in [0.15, 0.2) is 0 Å². The van der Waals surface area contributed by atoms with Gasteiger partial charge in [-0.2, -0.15) is 0 Å². The van der Waals surface area contributed by atoms with Gasteiger partial charge in [-0.05, 0) is 12.1 Å². The third-order valence-corrected chi connectivity index (χ3v) is 3.03. The lowest BCUT2D eigenvalue weighted by molar-refractivity contribution is 1.32. The Morgan fingerprint density at radius 3 is 2.21 bits per heavy atom. The number of halogens is 4. The van der Waals surface area contributed by atoms with Crippen LogP contribution in [0.2, 0.25) is 15.1 Å². The van der Waals surface area contributed by atoms with Crippen LogP contribution in [0.5, 0.6) is 0 Å². The first-order chi connectivity index (χ1) is 6.65. The van der Waals surface area contributed by atoms with Crippen LogP contribution in [-0.4, -0.2) is 5.33 Å². The molecular weight excluding hydrogens is 306 g/mol. The van der Waals surface area contributed by atoms with Crippen LogP contribution in [0.25, 0.3) is 0 Å². The summed E-state index contributed by atoms with van der Waals surface area (Å²) in [6.07, 6.45) is 0.790. The van der Waals surface area contributed by atoms with Crippen LogP contribution in [0.3, 0.4) is 0 Å². The molecule has 1 rings (SSSR count). The predicted octanol–water partition coefficient (Wildman–Crippen LogP) is 4.78. The van der Waals surface area contributed by atoms with Crippen LogP contribution in [0.4, 0.5) is 0 Å². The highest BCUT2D eigenvalue weighted by Crippen LogP contribution is 2.30. The smallest absolute Gasteiger partial charge is 0.0779 e. The molecule has 0 fully saturated rings. The fraction of sp³-hybridized carbons (Fsp3) is 0.200. The topological polar surface area (TPSA) is 0 Å². The molecule has 0 saturated heterocycles. The second-order valence-electron chi connectivity index (χ2n) is 2.49. The molecule has 0 aromatic heterocycles. The van der Waals surface area contributed by atoms with Gasteiger partial charge in [-0.15, -0.1) is 0 Å². The highest BCUT2D eigenvalue weighted by Gasteiger charge is 2.03. The van der Waals surface area contributed by atoms with E-state index in [0.29, 0.717) is 15.1 Å². The number of benzene rings is 1. The Morgan fingerprint density at radius 1 is 1.14 bits per heavy atom. The second-order valence-corrected chi connectivity index (χ2v) is 4.48. The van der Waals surface area contributed by atoms with E-state index in [1.54, 1.807) is 12.1 Å². The molecule has 14 heavy (non-hydrogen) atoms. The molecule has 0 saturated carbocycles. The van der Waals surface area contributed by atoms with Gasteiger partial charge in [0.1, 0.15) is 0 Å². The molecule has 0 N–H and O–H groups in total. The van der Waals surface area contributed by atoms with Crippen molar-refractivity contribution in [3.8, 4) is 11.8 Å². The molecule has 1 aromatic rings. The average molecular weight is 312 g/mol. The van der Waals surface area contributed by atoms with E-state index in [1.807, 2.05) is 0 Å². The molecule has 0 heterocycles. The number of hydrogen-bond acceptors (Lipinski definition) is 0. The molecule has 4 heteroatoms. The zero-order chi connectivity index (χ0) is 10.6. The van der Waals surface area contributed by atoms with E-state index < -0.39 is 0 Å². The zero-order valence-corrected chi connectivity index (χ0v) is 10.9. The standard InChI is InChI=1S/C10H6BrCl3/c11-4-2-1-3-7-5-8(12)10(14)9(13)6-7/h5-6H,2,4H2. The van der Waals surface area contributed by atoms with Gasteiger partial charge in [0, 0.05) is 17.3 Å². The van der Waals surface area contributed by atoms with Gasteiger partial charge in [-0.25, -0.2) is 0 Å². The first-order valence-corrected chi connectivity index (χ1v) is 6.10. The Balaban J connectivity index is 2.97. The van der Waals surface area contributed by atoms with Crippen LogP contribution < -0.4 is 0 Å². The Hall–Kier alpha value is 0.130. The first-order valence-electron chi connectivity index (χ1n) is 3.84. The summed E-state index contributed by atoms with van der Waals surface area (Å²) < 4.78 is 0. The highest BCUT2D eigenvalue weighted by atomic mass is 79.9. The van der Waals surface area contributed by atoms with Crippen molar-refractivity contribution in [1.29, 1.82) is 0 Å². The zero-order valence-electron chi connectivity index (χ0n) is 7.08. The SMILES string of the molecule is Clc1cc(C#CCCBr)cc(Cl)c1Cl. The largest absolute Gasteiger partial charge is 0.0970 e. The van der Waals surface area contributed by atoms with Crippen LogP contribution in [0.1, 0.15) is 12.0 Å². The summed E-state index contributed by atoms with van der Waals surface area (Å²) in [5.74, 6) is 5.91. The third kappa shape index (κ3) is 3.37. The minimum Gasteiger partial charge on any atom is -0.0970 e. The molecule has 0 bridgehead atoms. The molecule has 0 amide bonds. The van der Waals surface area contributed by atoms with E-state index in [-0.39, 0.29) is 0 Å². The Morgan fingerprint density at radius 2 is 1.71 bits per heavy atom. The third-order valence-electron chi connectivity index (χ3n) is 1.44. The van der Waals surface area contributed by atoms with E-state index in [2.05, 4.69) is 27.8 Å². The van der Waals surface area contributed by atoms with Crippen molar-refractivity contribution in [2.75, 3.05) is 5.33 Å². The van der Waals surface area contributed by atoms with E-state index in [4.69, 9.17) is 34.8 Å². The van der Waals surface area contributed by atoms with Gasteiger partial charge in [0.25, 0.3) is 0 Å². The normalized spacial score (nSPS) is 9.43. The fourth-order valence-corrected chi connectivity index (χ4v) is 1.63. The fourth-order valence-electron chi connectivity index (χ4n) is 0.839. The monoisotopic (exact) mass is 310 g/mol. The van der Waals surface area contributed by atoms with Gasteiger partial charge >= 0.3 is 0 Å². The molecule has 0 radical (unpaired) electrons.